The van der Waals surface area contributed by atoms with Gasteiger partial charge in [0, 0.05) is 11.9 Å². The highest BCUT2D eigenvalue weighted by molar-refractivity contribution is 7.09. The first kappa shape index (κ1) is 11.9. The van der Waals surface area contributed by atoms with E-state index in [9.17, 15) is 0 Å². The van der Waals surface area contributed by atoms with Crippen LogP contribution in [0, 0.1) is 6.92 Å². The first-order valence-electron chi connectivity index (χ1n) is 5.24. The van der Waals surface area contributed by atoms with E-state index in [-0.39, 0.29) is 6.61 Å². The normalized spacial score (nSPS) is 10.5. The number of rotatable bonds is 4. The van der Waals surface area contributed by atoms with Crippen molar-refractivity contribution in [2.24, 2.45) is 0 Å². The topological polar surface area (TPSA) is 62.1 Å². The maximum atomic E-state index is 8.89. The van der Waals surface area contributed by atoms with E-state index in [0.29, 0.717) is 5.69 Å². The Labute approximate surface area is 104 Å². The van der Waals surface area contributed by atoms with Crippen LogP contribution in [0.25, 0.3) is 0 Å². The van der Waals surface area contributed by atoms with Gasteiger partial charge in [-0.2, -0.15) is 5.10 Å². The number of aliphatic hydroxyl groups is 1. The van der Waals surface area contributed by atoms with Crippen molar-refractivity contribution in [2.75, 3.05) is 11.9 Å². The molecule has 0 bridgehead atoms. The van der Waals surface area contributed by atoms with Gasteiger partial charge in [-0.3, -0.25) is 0 Å². The van der Waals surface area contributed by atoms with E-state index < -0.39 is 0 Å². The van der Waals surface area contributed by atoms with E-state index in [2.05, 4.69) is 15.2 Å². The third-order valence-electron chi connectivity index (χ3n) is 2.48. The van der Waals surface area contributed by atoms with E-state index in [1.807, 2.05) is 30.4 Å². The third kappa shape index (κ3) is 2.78. The molecule has 0 saturated heterocycles. The van der Waals surface area contributed by atoms with Gasteiger partial charge in [-0.05, 0) is 19.1 Å². The summed E-state index contributed by atoms with van der Waals surface area (Å²) >= 11 is 1.64. The Kier molecular flexibility index (Phi) is 3.65. The smallest absolute Gasteiger partial charge is 0.151 e. The predicted molar refractivity (Wildman–Crippen MR) is 66.9 cm³/mol. The minimum Gasteiger partial charge on any atom is -0.390 e. The van der Waals surface area contributed by atoms with Crippen LogP contribution >= 0.6 is 11.3 Å². The lowest BCUT2D eigenvalue weighted by Gasteiger charge is -2.16. The lowest BCUT2D eigenvalue weighted by Crippen LogP contribution is -2.18. The largest absolute Gasteiger partial charge is 0.390 e. The molecule has 0 amide bonds. The molecule has 0 radical (unpaired) electrons. The zero-order chi connectivity index (χ0) is 12.3. The summed E-state index contributed by atoms with van der Waals surface area (Å²) in [6, 6.07) is 3.63. The Morgan fingerprint density at radius 1 is 1.35 bits per heavy atom. The Bertz CT molecular complexity index is 482. The van der Waals surface area contributed by atoms with E-state index in [4.69, 9.17) is 5.11 Å². The molecule has 0 saturated carbocycles. The molecule has 2 aromatic rings. The molecule has 5 nitrogen and oxygen atoms in total. The number of aryl methyl sites for hydroxylation is 1. The number of nitrogens with zero attached hydrogens (tertiary/aromatic N) is 4. The van der Waals surface area contributed by atoms with Gasteiger partial charge in [-0.1, -0.05) is 0 Å². The van der Waals surface area contributed by atoms with Crippen molar-refractivity contribution < 1.29 is 5.11 Å². The predicted octanol–water partition coefficient (Wildman–Crippen LogP) is 1.37. The first-order valence-corrected chi connectivity index (χ1v) is 6.12. The highest BCUT2D eigenvalue weighted by Gasteiger charge is 2.08. The molecule has 90 valence electrons. The average molecular weight is 250 g/mol. The maximum Gasteiger partial charge on any atom is 0.151 e. The van der Waals surface area contributed by atoms with Crippen LogP contribution in [0.5, 0.6) is 0 Å². The third-order valence-corrected chi connectivity index (χ3v) is 3.40. The quantitative estimate of drug-likeness (QED) is 0.888. The molecule has 0 aliphatic heterocycles. The molecule has 0 aliphatic carbocycles. The van der Waals surface area contributed by atoms with E-state index in [1.54, 1.807) is 17.4 Å². The van der Waals surface area contributed by atoms with E-state index >= 15 is 0 Å². The fourth-order valence-corrected chi connectivity index (χ4v) is 2.24. The van der Waals surface area contributed by atoms with Crippen LogP contribution < -0.4 is 4.90 Å². The van der Waals surface area contributed by atoms with Crippen molar-refractivity contribution in [3.8, 4) is 0 Å². The summed E-state index contributed by atoms with van der Waals surface area (Å²) in [6.07, 6.45) is 0. The van der Waals surface area contributed by atoms with Crippen molar-refractivity contribution in [1.82, 2.24) is 15.2 Å². The molecule has 1 N–H and O–H groups in total. The molecule has 2 aromatic heterocycles. The van der Waals surface area contributed by atoms with Gasteiger partial charge in [0.2, 0.25) is 0 Å². The van der Waals surface area contributed by atoms with E-state index in [0.717, 1.165) is 18.1 Å². The molecule has 0 aliphatic rings. The van der Waals surface area contributed by atoms with Gasteiger partial charge >= 0.3 is 0 Å². The van der Waals surface area contributed by atoms with E-state index in [1.165, 1.54) is 4.88 Å². The van der Waals surface area contributed by atoms with Crippen molar-refractivity contribution in [1.29, 1.82) is 0 Å². The number of aromatic nitrogens is 3. The second kappa shape index (κ2) is 5.20. The number of thiazole rings is 1. The molecular formula is C11H14N4OS. The van der Waals surface area contributed by atoms with Crippen LogP contribution in [0.2, 0.25) is 0 Å². The van der Waals surface area contributed by atoms with Crippen molar-refractivity contribution in [2.45, 2.75) is 20.1 Å². The second-order valence-electron chi connectivity index (χ2n) is 3.76. The Balaban J connectivity index is 2.09. The van der Waals surface area contributed by atoms with Gasteiger partial charge < -0.3 is 10.0 Å². The van der Waals surface area contributed by atoms with Crippen LogP contribution in [0.3, 0.4) is 0 Å². The highest BCUT2D eigenvalue weighted by Crippen LogP contribution is 2.17. The summed E-state index contributed by atoms with van der Waals surface area (Å²) < 4.78 is 0. The monoisotopic (exact) mass is 250 g/mol. The summed E-state index contributed by atoms with van der Waals surface area (Å²) in [5, 5.41) is 16.9. The van der Waals surface area contributed by atoms with Crippen molar-refractivity contribution in [3.63, 3.8) is 0 Å². The van der Waals surface area contributed by atoms with Gasteiger partial charge in [-0.15, -0.1) is 16.4 Å². The standard InChI is InChI=1S/C11H14N4OS/c1-8-10(17-7-12-8)5-15(2)11-4-3-9(6-16)13-14-11/h3-4,7,16H,5-6H2,1-2H3. The average Bonchev–Trinajstić information content (AvgIpc) is 2.75. The van der Waals surface area contributed by atoms with Gasteiger partial charge in [0.05, 0.1) is 30.1 Å². The minimum absolute atomic E-state index is 0.0784. The highest BCUT2D eigenvalue weighted by atomic mass is 32.1. The lowest BCUT2D eigenvalue weighted by atomic mass is 10.3. The number of anilines is 1. The zero-order valence-corrected chi connectivity index (χ0v) is 10.6. The van der Waals surface area contributed by atoms with Crippen LogP contribution in [0.4, 0.5) is 5.82 Å². The van der Waals surface area contributed by atoms with Crippen LogP contribution in [-0.4, -0.2) is 27.3 Å². The molecule has 0 aromatic carbocycles. The number of aliphatic hydroxyl groups excluding tert-OH is 1. The minimum atomic E-state index is -0.0784. The van der Waals surface area contributed by atoms with Crippen LogP contribution in [-0.2, 0) is 13.2 Å². The van der Waals surface area contributed by atoms with Crippen LogP contribution in [0.1, 0.15) is 16.3 Å². The van der Waals surface area contributed by atoms with Gasteiger partial charge in [0.15, 0.2) is 5.82 Å². The second-order valence-corrected chi connectivity index (χ2v) is 4.70. The molecular weight excluding hydrogens is 236 g/mol. The maximum absolute atomic E-state index is 8.89. The fourth-order valence-electron chi connectivity index (χ4n) is 1.42. The lowest BCUT2D eigenvalue weighted by molar-refractivity contribution is 0.275. The Morgan fingerprint density at radius 2 is 2.18 bits per heavy atom. The number of hydrogen-bond acceptors (Lipinski definition) is 6. The summed E-state index contributed by atoms with van der Waals surface area (Å²) in [5.74, 6) is 0.787. The molecule has 6 heteroatoms. The summed E-state index contributed by atoms with van der Waals surface area (Å²) in [4.78, 5) is 7.44. The molecule has 17 heavy (non-hydrogen) atoms. The van der Waals surface area contributed by atoms with Crippen molar-refractivity contribution in [3.05, 3.63) is 33.9 Å². The fraction of sp³-hybridized carbons (Fsp3) is 0.364. The molecule has 2 heterocycles. The molecule has 0 unspecified atom stereocenters. The van der Waals surface area contributed by atoms with Gasteiger partial charge in [0.25, 0.3) is 0 Å². The Hall–Kier alpha value is -1.53. The first-order chi connectivity index (χ1) is 8.20. The van der Waals surface area contributed by atoms with Gasteiger partial charge in [-0.25, -0.2) is 4.98 Å². The molecule has 2 rings (SSSR count). The number of hydrogen-bond donors (Lipinski definition) is 1. The summed E-state index contributed by atoms with van der Waals surface area (Å²) in [5.41, 5.74) is 3.48. The van der Waals surface area contributed by atoms with Crippen LogP contribution in [0.15, 0.2) is 17.6 Å². The Morgan fingerprint density at radius 3 is 2.71 bits per heavy atom. The molecule has 0 spiro atoms. The molecule has 0 fully saturated rings. The SMILES string of the molecule is Cc1ncsc1CN(C)c1ccc(CO)nn1. The van der Waals surface area contributed by atoms with Crippen molar-refractivity contribution >= 4 is 17.2 Å². The summed E-state index contributed by atoms with van der Waals surface area (Å²) in [7, 11) is 1.96. The molecule has 0 atom stereocenters. The van der Waals surface area contributed by atoms with Gasteiger partial charge in [0.1, 0.15) is 0 Å². The zero-order valence-electron chi connectivity index (χ0n) is 9.79. The summed E-state index contributed by atoms with van der Waals surface area (Å²) in [6.45, 7) is 2.69.